The van der Waals surface area contributed by atoms with Crippen LogP contribution in [-0.2, 0) is 11.3 Å². The third-order valence-electron chi connectivity index (χ3n) is 3.52. The Morgan fingerprint density at radius 3 is 2.72 bits per heavy atom. The molecule has 1 aromatic carbocycles. The van der Waals surface area contributed by atoms with Crippen molar-refractivity contribution in [3.8, 4) is 11.5 Å². The number of rotatable bonds is 7. The summed E-state index contributed by atoms with van der Waals surface area (Å²) in [5.74, 6) is 2.45. The number of carbonyl (C=O) groups excluding carboxylic acids is 1. The lowest BCUT2D eigenvalue weighted by atomic mass is 10.2. The summed E-state index contributed by atoms with van der Waals surface area (Å²) in [7, 11) is 3.27. The van der Waals surface area contributed by atoms with Crippen LogP contribution in [0.25, 0.3) is 6.08 Å². The number of hydrogen-bond donors (Lipinski definition) is 0. The Balaban J connectivity index is 2.09. The van der Waals surface area contributed by atoms with E-state index in [1.165, 1.54) is 6.08 Å². The maximum Gasteiger partial charge on any atom is 0.246 e. The third kappa shape index (κ3) is 5.03. The van der Waals surface area contributed by atoms with Crippen LogP contribution < -0.4 is 9.47 Å². The molecule has 0 unspecified atom stereocenters. The zero-order valence-electron chi connectivity index (χ0n) is 14.8. The van der Waals surface area contributed by atoms with Crippen molar-refractivity contribution >= 4 is 23.6 Å². The van der Waals surface area contributed by atoms with Gasteiger partial charge in [-0.3, -0.25) is 4.79 Å². The molecule has 2 rings (SSSR count). The van der Waals surface area contributed by atoms with Gasteiger partial charge in [0.05, 0.1) is 25.3 Å². The van der Waals surface area contributed by atoms with Gasteiger partial charge < -0.3 is 18.8 Å². The molecule has 0 fully saturated rings. The van der Waals surface area contributed by atoms with Crippen LogP contribution in [0.3, 0.4) is 0 Å². The summed E-state index contributed by atoms with van der Waals surface area (Å²) < 4.78 is 16.3. The molecular formula is C19H22ClNO4. The number of furan rings is 1. The molecule has 134 valence electrons. The molecule has 0 N–H and O–H groups in total. The quantitative estimate of drug-likeness (QED) is 0.687. The summed E-state index contributed by atoms with van der Waals surface area (Å²) in [4.78, 5) is 13.8. The van der Waals surface area contributed by atoms with Crippen molar-refractivity contribution in [2.24, 2.45) is 0 Å². The van der Waals surface area contributed by atoms with Gasteiger partial charge in [-0.05, 0) is 49.8 Å². The van der Waals surface area contributed by atoms with E-state index in [1.807, 2.05) is 26.0 Å². The van der Waals surface area contributed by atoms with Crippen molar-refractivity contribution in [1.29, 1.82) is 0 Å². The zero-order chi connectivity index (χ0) is 18.4. The summed E-state index contributed by atoms with van der Waals surface area (Å²) in [6, 6.07) is 7.24. The number of aryl methyl sites for hydroxylation is 1. The molecule has 0 aliphatic rings. The maximum atomic E-state index is 12.2. The molecule has 0 bridgehead atoms. The highest BCUT2D eigenvalue weighted by atomic mass is 35.5. The first-order valence-corrected chi connectivity index (χ1v) is 8.31. The van der Waals surface area contributed by atoms with E-state index in [4.69, 9.17) is 25.5 Å². The Bertz CT molecular complexity index is 767. The molecule has 0 saturated carbocycles. The van der Waals surface area contributed by atoms with Gasteiger partial charge in [0.15, 0.2) is 11.5 Å². The summed E-state index contributed by atoms with van der Waals surface area (Å²) in [6.07, 6.45) is 3.18. The first-order chi connectivity index (χ1) is 11.9. The number of hydrogen-bond acceptors (Lipinski definition) is 4. The SMILES string of the molecule is CCOc1c(Cl)cc(/C=C/C(=O)N(C)Cc2ccc(C)o2)cc1OC. The van der Waals surface area contributed by atoms with E-state index >= 15 is 0 Å². The monoisotopic (exact) mass is 363 g/mol. The predicted molar refractivity (Wildman–Crippen MR) is 98.1 cm³/mol. The third-order valence-corrected chi connectivity index (χ3v) is 3.80. The van der Waals surface area contributed by atoms with E-state index < -0.39 is 0 Å². The van der Waals surface area contributed by atoms with Gasteiger partial charge in [-0.2, -0.15) is 0 Å². The zero-order valence-corrected chi connectivity index (χ0v) is 15.6. The van der Waals surface area contributed by atoms with Crippen molar-refractivity contribution in [2.45, 2.75) is 20.4 Å². The van der Waals surface area contributed by atoms with E-state index in [0.29, 0.717) is 29.7 Å². The average Bonchev–Trinajstić information content (AvgIpc) is 2.99. The first-order valence-electron chi connectivity index (χ1n) is 7.93. The van der Waals surface area contributed by atoms with Crippen molar-refractivity contribution in [2.75, 3.05) is 20.8 Å². The van der Waals surface area contributed by atoms with Gasteiger partial charge in [0.25, 0.3) is 0 Å². The number of halogens is 1. The van der Waals surface area contributed by atoms with Crippen LogP contribution in [0.1, 0.15) is 24.0 Å². The van der Waals surface area contributed by atoms with E-state index in [2.05, 4.69) is 0 Å². The van der Waals surface area contributed by atoms with Crippen molar-refractivity contribution in [3.63, 3.8) is 0 Å². The largest absolute Gasteiger partial charge is 0.493 e. The minimum Gasteiger partial charge on any atom is -0.493 e. The molecule has 0 spiro atoms. The highest BCUT2D eigenvalue weighted by molar-refractivity contribution is 6.32. The van der Waals surface area contributed by atoms with Crippen molar-refractivity contribution in [3.05, 3.63) is 52.4 Å². The number of nitrogens with zero attached hydrogens (tertiary/aromatic N) is 1. The van der Waals surface area contributed by atoms with Crippen LogP contribution in [0.4, 0.5) is 0 Å². The number of methoxy groups -OCH3 is 1. The van der Waals surface area contributed by atoms with Crippen LogP contribution in [0.5, 0.6) is 11.5 Å². The summed E-state index contributed by atoms with van der Waals surface area (Å²) >= 11 is 6.23. The average molecular weight is 364 g/mol. The van der Waals surface area contributed by atoms with E-state index in [0.717, 1.165) is 17.1 Å². The van der Waals surface area contributed by atoms with Gasteiger partial charge >= 0.3 is 0 Å². The first kappa shape index (κ1) is 18.9. The lowest BCUT2D eigenvalue weighted by Gasteiger charge is -2.14. The van der Waals surface area contributed by atoms with E-state index in [-0.39, 0.29) is 5.91 Å². The summed E-state index contributed by atoms with van der Waals surface area (Å²) in [5.41, 5.74) is 0.751. The Labute approximate surface area is 152 Å². The fourth-order valence-electron chi connectivity index (χ4n) is 2.30. The molecule has 1 heterocycles. The second kappa shape index (κ2) is 8.62. The second-order valence-electron chi connectivity index (χ2n) is 5.51. The van der Waals surface area contributed by atoms with Crippen LogP contribution in [0, 0.1) is 6.92 Å². The molecule has 2 aromatic rings. The van der Waals surface area contributed by atoms with Gasteiger partial charge in [-0.1, -0.05) is 11.6 Å². The lowest BCUT2D eigenvalue weighted by Crippen LogP contribution is -2.23. The van der Waals surface area contributed by atoms with Crippen molar-refractivity contribution < 1.29 is 18.7 Å². The van der Waals surface area contributed by atoms with Gasteiger partial charge in [-0.15, -0.1) is 0 Å². The fourth-order valence-corrected chi connectivity index (χ4v) is 2.57. The van der Waals surface area contributed by atoms with Gasteiger partial charge in [-0.25, -0.2) is 0 Å². The predicted octanol–water partition coefficient (Wildman–Crippen LogP) is 4.32. The normalized spacial score (nSPS) is 10.9. The Hall–Kier alpha value is -2.40. The topological polar surface area (TPSA) is 51.9 Å². The highest BCUT2D eigenvalue weighted by Gasteiger charge is 2.12. The van der Waals surface area contributed by atoms with Gasteiger partial charge in [0.2, 0.25) is 5.91 Å². The Morgan fingerprint density at radius 1 is 1.36 bits per heavy atom. The minimum absolute atomic E-state index is 0.141. The molecule has 0 saturated heterocycles. The number of carbonyl (C=O) groups is 1. The minimum atomic E-state index is -0.141. The number of ether oxygens (including phenoxy) is 2. The number of benzene rings is 1. The van der Waals surface area contributed by atoms with Crippen LogP contribution >= 0.6 is 11.6 Å². The molecule has 6 heteroatoms. The molecule has 1 aromatic heterocycles. The molecule has 0 atom stereocenters. The van der Waals surface area contributed by atoms with E-state index in [9.17, 15) is 4.79 Å². The lowest BCUT2D eigenvalue weighted by molar-refractivity contribution is -0.125. The highest BCUT2D eigenvalue weighted by Crippen LogP contribution is 2.36. The number of likely N-dealkylation sites (N-methyl/N-ethyl adjacent to an activating group) is 1. The van der Waals surface area contributed by atoms with Gasteiger partial charge in [0, 0.05) is 13.1 Å². The van der Waals surface area contributed by atoms with Crippen LogP contribution in [-0.4, -0.2) is 31.6 Å². The number of amides is 1. The summed E-state index contributed by atoms with van der Waals surface area (Å²) in [6.45, 7) is 4.64. The van der Waals surface area contributed by atoms with Crippen LogP contribution in [0.2, 0.25) is 5.02 Å². The van der Waals surface area contributed by atoms with Crippen molar-refractivity contribution in [1.82, 2.24) is 4.90 Å². The van der Waals surface area contributed by atoms with Crippen LogP contribution in [0.15, 0.2) is 34.8 Å². The molecule has 5 nitrogen and oxygen atoms in total. The molecule has 25 heavy (non-hydrogen) atoms. The Morgan fingerprint density at radius 2 is 2.12 bits per heavy atom. The van der Waals surface area contributed by atoms with Gasteiger partial charge in [0.1, 0.15) is 11.5 Å². The Kier molecular flexibility index (Phi) is 6.53. The fraction of sp³-hybridized carbons (Fsp3) is 0.316. The molecular weight excluding hydrogens is 342 g/mol. The maximum absolute atomic E-state index is 12.2. The molecule has 1 amide bonds. The smallest absolute Gasteiger partial charge is 0.246 e. The molecule has 0 aliphatic carbocycles. The molecule has 0 radical (unpaired) electrons. The molecule has 0 aliphatic heterocycles. The second-order valence-corrected chi connectivity index (χ2v) is 5.91. The standard InChI is InChI=1S/C19H22ClNO4/c1-5-24-19-16(20)10-14(11-17(19)23-4)7-9-18(22)21(3)12-15-8-6-13(2)25-15/h6-11H,5,12H2,1-4H3/b9-7+. The van der Waals surface area contributed by atoms with E-state index in [1.54, 1.807) is 37.3 Å². The summed E-state index contributed by atoms with van der Waals surface area (Å²) in [5, 5.41) is 0.438.